The van der Waals surface area contributed by atoms with E-state index in [1.54, 1.807) is 14.2 Å². The molecule has 2 aliphatic heterocycles. The summed E-state index contributed by atoms with van der Waals surface area (Å²) in [6.07, 6.45) is -0.0440. The van der Waals surface area contributed by atoms with Gasteiger partial charge in [-0.25, -0.2) is 0 Å². The molecule has 3 atom stereocenters. The van der Waals surface area contributed by atoms with E-state index in [2.05, 4.69) is 18.0 Å². The molecular weight excluding hydrogens is 298 g/mol. The van der Waals surface area contributed by atoms with E-state index in [1.165, 1.54) is 5.56 Å². The lowest BCUT2D eigenvalue weighted by molar-refractivity contribution is -0.153. The zero-order chi connectivity index (χ0) is 16.2. The quantitative estimate of drug-likeness (QED) is 0.814. The molecule has 3 rings (SSSR count). The fraction of sp³-hybridized carbons (Fsp3) is 0.647. The van der Waals surface area contributed by atoms with Crippen molar-refractivity contribution in [3.8, 4) is 11.5 Å². The summed E-state index contributed by atoms with van der Waals surface area (Å²) < 4.78 is 28.1. The molecule has 1 aromatic carbocycles. The van der Waals surface area contributed by atoms with E-state index in [0.717, 1.165) is 18.0 Å². The number of hydrogen-bond acceptors (Lipinski definition) is 6. The summed E-state index contributed by atoms with van der Waals surface area (Å²) in [6, 6.07) is 6.24. The van der Waals surface area contributed by atoms with E-state index in [-0.39, 0.29) is 18.2 Å². The third kappa shape index (κ3) is 3.61. The third-order valence-corrected chi connectivity index (χ3v) is 4.50. The molecule has 2 aliphatic rings. The summed E-state index contributed by atoms with van der Waals surface area (Å²) in [5.74, 6) is 1.64. The highest BCUT2D eigenvalue weighted by Gasteiger charge is 2.36. The second-order valence-electron chi connectivity index (χ2n) is 5.97. The van der Waals surface area contributed by atoms with Crippen LogP contribution in [0.25, 0.3) is 0 Å². The Morgan fingerprint density at radius 2 is 1.87 bits per heavy atom. The summed E-state index contributed by atoms with van der Waals surface area (Å²) in [4.78, 5) is 2.24. The van der Waals surface area contributed by atoms with Crippen LogP contribution in [-0.2, 0) is 20.8 Å². The summed E-state index contributed by atoms with van der Waals surface area (Å²) >= 11 is 0. The van der Waals surface area contributed by atoms with Gasteiger partial charge in [0.05, 0.1) is 19.3 Å². The van der Waals surface area contributed by atoms with Crippen LogP contribution in [0.2, 0.25) is 0 Å². The Kier molecular flexibility index (Phi) is 5.38. The van der Waals surface area contributed by atoms with Crippen LogP contribution in [0.15, 0.2) is 18.2 Å². The van der Waals surface area contributed by atoms with Gasteiger partial charge in [0, 0.05) is 20.8 Å². The van der Waals surface area contributed by atoms with E-state index in [9.17, 15) is 0 Å². The highest BCUT2D eigenvalue weighted by molar-refractivity contribution is 5.43. The van der Waals surface area contributed by atoms with Crippen LogP contribution in [0.4, 0.5) is 0 Å². The standard InChI is InChI=1S/C17H25NO5/c1-18(13-10-21-11-16(19-2)17(13)20-3)9-12-4-5-14-15(8-12)23-7-6-22-14/h4-5,8,13,16-17H,6-7,9-11H2,1-3H3/t13-,16-,17+/m1/s1. The van der Waals surface area contributed by atoms with Crippen molar-refractivity contribution >= 4 is 0 Å². The van der Waals surface area contributed by atoms with E-state index in [4.69, 9.17) is 23.7 Å². The first-order chi connectivity index (χ1) is 11.2. The topological polar surface area (TPSA) is 49.4 Å². The van der Waals surface area contributed by atoms with Crippen molar-refractivity contribution in [2.24, 2.45) is 0 Å². The van der Waals surface area contributed by atoms with Crippen molar-refractivity contribution in [2.75, 3.05) is 47.7 Å². The molecule has 23 heavy (non-hydrogen) atoms. The molecule has 1 saturated heterocycles. The van der Waals surface area contributed by atoms with Gasteiger partial charge >= 0.3 is 0 Å². The molecule has 1 aromatic rings. The van der Waals surface area contributed by atoms with E-state index < -0.39 is 0 Å². The zero-order valence-electron chi connectivity index (χ0n) is 14.0. The molecule has 6 heteroatoms. The first kappa shape index (κ1) is 16.5. The monoisotopic (exact) mass is 323 g/mol. The molecule has 0 amide bonds. The Bertz CT molecular complexity index is 524. The average Bonchev–Trinajstić information content (AvgIpc) is 2.60. The van der Waals surface area contributed by atoms with Crippen molar-refractivity contribution in [1.29, 1.82) is 0 Å². The van der Waals surface area contributed by atoms with Crippen LogP contribution in [0.5, 0.6) is 11.5 Å². The minimum atomic E-state index is -0.0403. The highest BCUT2D eigenvalue weighted by Crippen LogP contribution is 2.31. The Labute approximate surface area is 137 Å². The predicted octanol–water partition coefficient (Wildman–Crippen LogP) is 1.32. The highest BCUT2D eigenvalue weighted by atomic mass is 16.6. The number of likely N-dealkylation sites (N-methyl/N-ethyl adjacent to an activating group) is 1. The summed E-state index contributed by atoms with van der Waals surface area (Å²) in [6.45, 7) is 3.20. The maximum atomic E-state index is 5.68. The second kappa shape index (κ2) is 7.49. The van der Waals surface area contributed by atoms with Gasteiger partial charge < -0.3 is 23.7 Å². The first-order valence-corrected chi connectivity index (χ1v) is 7.95. The van der Waals surface area contributed by atoms with Gasteiger partial charge in [-0.1, -0.05) is 6.07 Å². The van der Waals surface area contributed by atoms with Crippen LogP contribution in [0.1, 0.15) is 5.56 Å². The molecule has 128 valence electrons. The van der Waals surface area contributed by atoms with Crippen molar-refractivity contribution in [2.45, 2.75) is 24.8 Å². The first-order valence-electron chi connectivity index (χ1n) is 7.95. The van der Waals surface area contributed by atoms with Gasteiger partial charge in [0.25, 0.3) is 0 Å². The number of hydrogen-bond donors (Lipinski definition) is 0. The lowest BCUT2D eigenvalue weighted by Gasteiger charge is -2.40. The molecule has 0 aliphatic carbocycles. The van der Waals surface area contributed by atoms with E-state index >= 15 is 0 Å². The van der Waals surface area contributed by atoms with Crippen LogP contribution < -0.4 is 9.47 Å². The lowest BCUT2D eigenvalue weighted by Crippen LogP contribution is -2.56. The number of fused-ring (bicyclic) bond motifs is 1. The van der Waals surface area contributed by atoms with Gasteiger partial charge in [0.1, 0.15) is 25.4 Å². The summed E-state index contributed by atoms with van der Waals surface area (Å²) in [5, 5.41) is 0. The number of benzene rings is 1. The second-order valence-corrected chi connectivity index (χ2v) is 5.97. The Morgan fingerprint density at radius 1 is 1.09 bits per heavy atom. The Hall–Kier alpha value is -1.34. The molecule has 0 radical (unpaired) electrons. The van der Waals surface area contributed by atoms with Crippen molar-refractivity contribution in [1.82, 2.24) is 4.90 Å². The number of methoxy groups -OCH3 is 2. The smallest absolute Gasteiger partial charge is 0.161 e. The van der Waals surface area contributed by atoms with Crippen LogP contribution >= 0.6 is 0 Å². The summed E-state index contributed by atoms with van der Waals surface area (Å²) in [7, 11) is 5.51. The molecule has 1 fully saturated rings. The minimum absolute atomic E-state index is 0.00374. The van der Waals surface area contributed by atoms with Gasteiger partial charge in [-0.05, 0) is 24.7 Å². The molecule has 0 saturated carbocycles. The maximum Gasteiger partial charge on any atom is 0.161 e. The van der Waals surface area contributed by atoms with Crippen molar-refractivity contribution in [3.05, 3.63) is 23.8 Å². The molecule has 0 N–H and O–H groups in total. The van der Waals surface area contributed by atoms with Crippen molar-refractivity contribution in [3.63, 3.8) is 0 Å². The van der Waals surface area contributed by atoms with Gasteiger partial charge in [-0.2, -0.15) is 0 Å². The number of rotatable bonds is 5. The van der Waals surface area contributed by atoms with Crippen LogP contribution in [0, 0.1) is 0 Å². The van der Waals surface area contributed by atoms with Gasteiger partial charge in [-0.3, -0.25) is 4.90 Å². The molecule has 6 nitrogen and oxygen atoms in total. The van der Waals surface area contributed by atoms with E-state index in [1.807, 2.05) is 12.1 Å². The van der Waals surface area contributed by atoms with Crippen LogP contribution in [0.3, 0.4) is 0 Å². The third-order valence-electron chi connectivity index (χ3n) is 4.50. The normalized spacial score (nSPS) is 27.2. The molecule has 0 aromatic heterocycles. The molecule has 0 unspecified atom stereocenters. The minimum Gasteiger partial charge on any atom is -0.486 e. The largest absolute Gasteiger partial charge is 0.486 e. The number of nitrogens with zero attached hydrogens (tertiary/aromatic N) is 1. The number of ether oxygens (including phenoxy) is 5. The molecule has 0 spiro atoms. The Balaban J connectivity index is 1.69. The van der Waals surface area contributed by atoms with Crippen molar-refractivity contribution < 1.29 is 23.7 Å². The van der Waals surface area contributed by atoms with Crippen LogP contribution in [-0.4, -0.2) is 70.8 Å². The average molecular weight is 323 g/mol. The molecule has 2 heterocycles. The van der Waals surface area contributed by atoms with Gasteiger partial charge in [0.15, 0.2) is 11.5 Å². The van der Waals surface area contributed by atoms with E-state index in [0.29, 0.717) is 26.4 Å². The predicted molar refractivity (Wildman–Crippen MR) is 85.1 cm³/mol. The molecule has 0 bridgehead atoms. The fourth-order valence-electron chi connectivity index (χ4n) is 3.22. The SMILES string of the molecule is CO[C@H]1[C@H](N(C)Cc2ccc3c(c2)OCCO3)COC[C@H]1OC. The fourth-order valence-corrected chi connectivity index (χ4v) is 3.22. The molecular formula is C17H25NO5. The lowest BCUT2D eigenvalue weighted by atomic mass is 10.0. The summed E-state index contributed by atoms with van der Waals surface area (Å²) in [5.41, 5.74) is 1.17. The maximum absolute atomic E-state index is 5.68. The van der Waals surface area contributed by atoms with Gasteiger partial charge in [-0.15, -0.1) is 0 Å². The zero-order valence-corrected chi connectivity index (χ0v) is 14.0. The van der Waals surface area contributed by atoms with Gasteiger partial charge in [0.2, 0.25) is 0 Å². The Morgan fingerprint density at radius 3 is 2.61 bits per heavy atom.